The highest BCUT2D eigenvalue weighted by Crippen LogP contribution is 2.25. The molecule has 6 heteroatoms. The van der Waals surface area contributed by atoms with Gasteiger partial charge in [0.15, 0.2) is 0 Å². The zero-order valence-electron chi connectivity index (χ0n) is 13.1. The van der Waals surface area contributed by atoms with Crippen molar-refractivity contribution in [2.24, 2.45) is 0 Å². The Morgan fingerprint density at radius 3 is 2.65 bits per heavy atom. The molecule has 4 nitrogen and oxygen atoms in total. The molecule has 0 radical (unpaired) electrons. The molecule has 122 valence electrons. The predicted octanol–water partition coefficient (Wildman–Crippen LogP) is 4.88. The summed E-state index contributed by atoms with van der Waals surface area (Å²) in [5.41, 5.74) is 1.83. The van der Waals surface area contributed by atoms with E-state index in [9.17, 15) is 4.79 Å². The number of hydrogen-bond donors (Lipinski definition) is 1. The molecule has 0 fully saturated rings. The average molecular weight is 352 g/mol. The Morgan fingerprint density at radius 2 is 2.04 bits per heavy atom. The summed E-state index contributed by atoms with van der Waals surface area (Å²) in [4.78, 5) is 18.6. The van der Waals surface area contributed by atoms with Crippen molar-refractivity contribution in [3.63, 3.8) is 0 Å². The Balaban J connectivity index is 2.05. The van der Waals surface area contributed by atoms with E-state index >= 15 is 0 Å². The highest BCUT2D eigenvalue weighted by atomic mass is 35.5. The molecule has 1 aromatic heterocycles. The van der Waals surface area contributed by atoms with Crippen LogP contribution in [0.2, 0.25) is 10.0 Å². The second-order valence-corrected chi connectivity index (χ2v) is 6.10. The second kappa shape index (κ2) is 8.18. The number of carbonyl (C=O) groups excluding carboxylic acids is 1. The molecule has 0 saturated heterocycles. The van der Waals surface area contributed by atoms with Gasteiger partial charge in [0.05, 0.1) is 22.6 Å². The topological polar surface area (TPSA) is 45.2 Å². The van der Waals surface area contributed by atoms with Crippen molar-refractivity contribution >= 4 is 40.5 Å². The van der Waals surface area contributed by atoms with E-state index in [0.717, 1.165) is 25.1 Å². The summed E-state index contributed by atoms with van der Waals surface area (Å²) in [5, 5.41) is 3.64. The van der Waals surface area contributed by atoms with E-state index in [-0.39, 0.29) is 5.91 Å². The van der Waals surface area contributed by atoms with Crippen LogP contribution in [0.25, 0.3) is 0 Å². The molecule has 2 rings (SSSR count). The van der Waals surface area contributed by atoms with Crippen LogP contribution < -0.4 is 10.2 Å². The van der Waals surface area contributed by atoms with Crippen LogP contribution in [0, 0.1) is 0 Å². The maximum atomic E-state index is 12.2. The Morgan fingerprint density at radius 1 is 1.26 bits per heavy atom. The quantitative estimate of drug-likeness (QED) is 0.806. The number of halogens is 2. The second-order valence-electron chi connectivity index (χ2n) is 5.26. The fraction of sp³-hybridized carbons (Fsp3) is 0.294. The van der Waals surface area contributed by atoms with Gasteiger partial charge in [-0.3, -0.25) is 4.79 Å². The van der Waals surface area contributed by atoms with E-state index in [2.05, 4.69) is 22.1 Å². The van der Waals surface area contributed by atoms with E-state index < -0.39 is 0 Å². The van der Waals surface area contributed by atoms with Crippen LogP contribution in [0.4, 0.5) is 11.4 Å². The van der Waals surface area contributed by atoms with Crippen molar-refractivity contribution in [1.82, 2.24) is 4.98 Å². The van der Waals surface area contributed by atoms with Gasteiger partial charge in [-0.2, -0.15) is 0 Å². The number of benzene rings is 1. The van der Waals surface area contributed by atoms with Crippen molar-refractivity contribution in [1.29, 1.82) is 0 Å². The maximum absolute atomic E-state index is 12.2. The molecule has 1 aromatic carbocycles. The average Bonchev–Trinajstić information content (AvgIpc) is 2.55. The van der Waals surface area contributed by atoms with Gasteiger partial charge in [0, 0.05) is 18.6 Å². The lowest BCUT2D eigenvalue weighted by Gasteiger charge is -2.18. The van der Waals surface area contributed by atoms with Gasteiger partial charge in [0.2, 0.25) is 0 Å². The first kappa shape index (κ1) is 17.6. The molecule has 1 amide bonds. The van der Waals surface area contributed by atoms with Crippen molar-refractivity contribution in [3.8, 4) is 0 Å². The molecule has 1 N–H and O–H groups in total. The predicted molar refractivity (Wildman–Crippen MR) is 96.8 cm³/mol. The third-order valence-corrected chi connectivity index (χ3v) is 4.00. The van der Waals surface area contributed by atoms with E-state index in [4.69, 9.17) is 23.2 Å². The van der Waals surface area contributed by atoms with Crippen molar-refractivity contribution in [2.75, 3.05) is 23.8 Å². The summed E-state index contributed by atoms with van der Waals surface area (Å²) in [7, 11) is 2.01. The van der Waals surface area contributed by atoms with Crippen LogP contribution in [-0.2, 0) is 0 Å². The first-order chi connectivity index (χ1) is 11.0. The first-order valence-corrected chi connectivity index (χ1v) is 8.20. The highest BCUT2D eigenvalue weighted by molar-refractivity contribution is 6.36. The SMILES string of the molecule is CCCCN(C)c1ccc(C(=O)Nc2ccc(Cl)cc2Cl)nc1. The number of carbonyl (C=O) groups is 1. The molecule has 0 bridgehead atoms. The smallest absolute Gasteiger partial charge is 0.274 e. The standard InChI is InChI=1S/C17H19Cl2N3O/c1-3-4-9-22(2)13-6-8-16(20-11-13)17(23)21-15-7-5-12(18)10-14(15)19/h5-8,10-11H,3-4,9H2,1-2H3,(H,21,23). The number of aromatic nitrogens is 1. The number of pyridine rings is 1. The highest BCUT2D eigenvalue weighted by Gasteiger charge is 2.11. The Kier molecular flexibility index (Phi) is 6.25. The van der Waals surface area contributed by atoms with Crippen LogP contribution in [0.1, 0.15) is 30.3 Å². The number of unbranched alkanes of at least 4 members (excludes halogenated alkanes) is 1. The number of rotatable bonds is 6. The van der Waals surface area contributed by atoms with Gasteiger partial charge in [-0.05, 0) is 36.8 Å². The van der Waals surface area contributed by atoms with Gasteiger partial charge in [0.25, 0.3) is 5.91 Å². The van der Waals surface area contributed by atoms with Crippen LogP contribution in [0.3, 0.4) is 0 Å². The minimum Gasteiger partial charge on any atom is -0.373 e. The van der Waals surface area contributed by atoms with Gasteiger partial charge < -0.3 is 10.2 Å². The lowest BCUT2D eigenvalue weighted by molar-refractivity contribution is 0.102. The van der Waals surface area contributed by atoms with Crippen LogP contribution in [0.15, 0.2) is 36.5 Å². The molecule has 0 saturated carbocycles. The van der Waals surface area contributed by atoms with Crippen molar-refractivity contribution in [3.05, 3.63) is 52.3 Å². The normalized spacial score (nSPS) is 10.4. The van der Waals surface area contributed by atoms with Gasteiger partial charge in [0.1, 0.15) is 5.69 Å². The molecule has 2 aromatic rings. The molecular weight excluding hydrogens is 333 g/mol. The van der Waals surface area contributed by atoms with E-state index in [1.165, 1.54) is 0 Å². The Labute approximate surface area is 146 Å². The maximum Gasteiger partial charge on any atom is 0.274 e. The number of nitrogens with one attached hydrogen (secondary N) is 1. The van der Waals surface area contributed by atoms with Crippen molar-refractivity contribution in [2.45, 2.75) is 19.8 Å². The molecular formula is C17H19Cl2N3O. The summed E-state index contributed by atoms with van der Waals surface area (Å²) in [6.45, 7) is 3.12. The van der Waals surface area contributed by atoms with Gasteiger partial charge in [-0.15, -0.1) is 0 Å². The van der Waals surface area contributed by atoms with E-state index in [0.29, 0.717) is 21.4 Å². The van der Waals surface area contributed by atoms with Gasteiger partial charge in [-0.1, -0.05) is 36.5 Å². The molecule has 0 aliphatic rings. The Bertz CT molecular complexity index is 674. The summed E-state index contributed by atoms with van der Waals surface area (Å²) in [6, 6.07) is 8.51. The van der Waals surface area contributed by atoms with Crippen LogP contribution >= 0.6 is 23.2 Å². The third kappa shape index (κ3) is 4.85. The summed E-state index contributed by atoms with van der Waals surface area (Å²) in [6.07, 6.45) is 3.96. The Hall–Kier alpha value is -1.78. The van der Waals surface area contributed by atoms with E-state index in [1.54, 1.807) is 30.5 Å². The molecule has 0 aliphatic heterocycles. The molecule has 0 unspecified atom stereocenters. The van der Waals surface area contributed by atoms with Gasteiger partial charge in [-0.25, -0.2) is 4.98 Å². The first-order valence-electron chi connectivity index (χ1n) is 7.45. The van der Waals surface area contributed by atoms with Crippen LogP contribution in [-0.4, -0.2) is 24.5 Å². The fourth-order valence-corrected chi connectivity index (χ4v) is 2.50. The summed E-state index contributed by atoms with van der Waals surface area (Å²) < 4.78 is 0. The largest absolute Gasteiger partial charge is 0.373 e. The molecule has 23 heavy (non-hydrogen) atoms. The number of nitrogens with zero attached hydrogens (tertiary/aromatic N) is 2. The minimum absolute atomic E-state index is 0.308. The number of hydrogen-bond acceptors (Lipinski definition) is 3. The lowest BCUT2D eigenvalue weighted by atomic mass is 10.2. The van der Waals surface area contributed by atoms with Crippen LogP contribution in [0.5, 0.6) is 0 Å². The monoisotopic (exact) mass is 351 g/mol. The fourth-order valence-electron chi connectivity index (χ4n) is 2.05. The van der Waals surface area contributed by atoms with Crippen molar-refractivity contribution < 1.29 is 4.79 Å². The minimum atomic E-state index is -0.308. The molecule has 0 atom stereocenters. The molecule has 0 spiro atoms. The van der Waals surface area contributed by atoms with E-state index in [1.807, 2.05) is 13.1 Å². The number of amides is 1. The zero-order chi connectivity index (χ0) is 16.8. The summed E-state index contributed by atoms with van der Waals surface area (Å²) >= 11 is 11.9. The summed E-state index contributed by atoms with van der Waals surface area (Å²) in [5.74, 6) is -0.308. The third-order valence-electron chi connectivity index (χ3n) is 3.45. The number of anilines is 2. The zero-order valence-corrected chi connectivity index (χ0v) is 14.7. The molecule has 0 aliphatic carbocycles. The van der Waals surface area contributed by atoms with Gasteiger partial charge >= 0.3 is 0 Å². The lowest BCUT2D eigenvalue weighted by Crippen LogP contribution is -2.19. The molecule has 1 heterocycles.